The molecule has 0 atom stereocenters. The highest BCUT2D eigenvalue weighted by Crippen LogP contribution is 2.23. The molecule has 2 aromatic carbocycles. The van der Waals surface area contributed by atoms with Gasteiger partial charge in [0.25, 0.3) is 0 Å². The molecule has 0 saturated carbocycles. The first-order chi connectivity index (χ1) is 7.29. The van der Waals surface area contributed by atoms with Gasteiger partial charge in [-0.3, -0.25) is 4.79 Å². The SMILES string of the molecule is O=CCOc1ccc2ccc(Cl)cc2c1. The van der Waals surface area contributed by atoms with Crippen molar-refractivity contribution in [1.29, 1.82) is 0 Å². The molecular weight excluding hydrogens is 212 g/mol. The number of benzene rings is 2. The Balaban J connectivity index is 2.40. The average Bonchev–Trinajstić information content (AvgIpc) is 2.25. The third-order valence-electron chi connectivity index (χ3n) is 2.09. The summed E-state index contributed by atoms with van der Waals surface area (Å²) in [6.45, 7) is 0.0755. The molecular formula is C12H9ClO2. The van der Waals surface area contributed by atoms with Gasteiger partial charge in [0, 0.05) is 5.02 Å². The van der Waals surface area contributed by atoms with Crippen LogP contribution in [0.25, 0.3) is 10.8 Å². The van der Waals surface area contributed by atoms with Crippen LogP contribution in [-0.2, 0) is 4.79 Å². The van der Waals surface area contributed by atoms with E-state index < -0.39 is 0 Å². The minimum Gasteiger partial charge on any atom is -0.486 e. The first-order valence-electron chi connectivity index (χ1n) is 4.55. The van der Waals surface area contributed by atoms with E-state index in [1.807, 2.05) is 36.4 Å². The van der Waals surface area contributed by atoms with Crippen LogP contribution >= 0.6 is 11.6 Å². The number of carbonyl (C=O) groups excluding carboxylic acids is 1. The number of ether oxygens (including phenoxy) is 1. The van der Waals surface area contributed by atoms with Gasteiger partial charge in [-0.05, 0) is 35.0 Å². The van der Waals surface area contributed by atoms with E-state index in [1.165, 1.54) is 0 Å². The summed E-state index contributed by atoms with van der Waals surface area (Å²) >= 11 is 5.88. The molecule has 0 bridgehead atoms. The van der Waals surface area contributed by atoms with Crippen LogP contribution in [0, 0.1) is 0 Å². The van der Waals surface area contributed by atoms with E-state index in [-0.39, 0.29) is 6.61 Å². The van der Waals surface area contributed by atoms with Crippen LogP contribution in [0.2, 0.25) is 5.02 Å². The highest BCUT2D eigenvalue weighted by Gasteiger charge is 1.98. The lowest BCUT2D eigenvalue weighted by Crippen LogP contribution is -1.97. The van der Waals surface area contributed by atoms with Crippen LogP contribution in [0.3, 0.4) is 0 Å². The predicted molar refractivity (Wildman–Crippen MR) is 60.5 cm³/mol. The molecule has 0 unspecified atom stereocenters. The molecule has 0 aliphatic heterocycles. The summed E-state index contributed by atoms with van der Waals surface area (Å²) in [6.07, 6.45) is 0.724. The summed E-state index contributed by atoms with van der Waals surface area (Å²) in [6, 6.07) is 11.3. The van der Waals surface area contributed by atoms with Gasteiger partial charge in [-0.15, -0.1) is 0 Å². The van der Waals surface area contributed by atoms with E-state index in [0.29, 0.717) is 10.8 Å². The van der Waals surface area contributed by atoms with Gasteiger partial charge in [-0.25, -0.2) is 0 Å². The zero-order valence-corrected chi connectivity index (χ0v) is 8.70. The van der Waals surface area contributed by atoms with E-state index in [9.17, 15) is 4.79 Å². The predicted octanol–water partition coefficient (Wildman–Crippen LogP) is 3.07. The fourth-order valence-corrected chi connectivity index (χ4v) is 1.60. The quantitative estimate of drug-likeness (QED) is 0.744. The van der Waals surface area contributed by atoms with Crippen molar-refractivity contribution in [2.24, 2.45) is 0 Å². The molecule has 0 saturated heterocycles. The summed E-state index contributed by atoms with van der Waals surface area (Å²) in [5.41, 5.74) is 0. The highest BCUT2D eigenvalue weighted by atomic mass is 35.5. The van der Waals surface area contributed by atoms with Gasteiger partial charge in [0.2, 0.25) is 0 Å². The Hall–Kier alpha value is -1.54. The molecule has 0 fully saturated rings. The molecule has 2 nitrogen and oxygen atoms in total. The summed E-state index contributed by atoms with van der Waals surface area (Å²) < 4.78 is 5.19. The van der Waals surface area contributed by atoms with Crippen LogP contribution in [0.4, 0.5) is 0 Å². The van der Waals surface area contributed by atoms with Crippen LogP contribution in [0.15, 0.2) is 36.4 Å². The molecule has 0 aliphatic carbocycles. The summed E-state index contributed by atoms with van der Waals surface area (Å²) in [4.78, 5) is 10.1. The second kappa shape index (κ2) is 4.32. The number of carbonyl (C=O) groups is 1. The zero-order chi connectivity index (χ0) is 10.7. The minimum atomic E-state index is 0.0755. The molecule has 0 N–H and O–H groups in total. The van der Waals surface area contributed by atoms with E-state index >= 15 is 0 Å². The van der Waals surface area contributed by atoms with Gasteiger partial charge in [0.1, 0.15) is 12.4 Å². The normalized spacial score (nSPS) is 10.2. The van der Waals surface area contributed by atoms with Crippen molar-refractivity contribution in [3.8, 4) is 5.75 Å². The number of hydrogen-bond donors (Lipinski definition) is 0. The van der Waals surface area contributed by atoms with Gasteiger partial charge in [0.15, 0.2) is 6.29 Å². The lowest BCUT2D eigenvalue weighted by atomic mass is 10.1. The maximum Gasteiger partial charge on any atom is 0.157 e. The van der Waals surface area contributed by atoms with E-state index in [0.717, 1.165) is 17.1 Å². The van der Waals surface area contributed by atoms with E-state index in [1.54, 1.807) is 0 Å². The standard InChI is InChI=1S/C12H9ClO2/c13-11-3-1-9-2-4-12(15-6-5-14)8-10(9)7-11/h1-5,7-8H,6H2. The monoisotopic (exact) mass is 220 g/mol. The zero-order valence-electron chi connectivity index (χ0n) is 7.94. The molecule has 2 rings (SSSR count). The van der Waals surface area contributed by atoms with Gasteiger partial charge in [-0.1, -0.05) is 23.7 Å². The minimum absolute atomic E-state index is 0.0755. The van der Waals surface area contributed by atoms with Gasteiger partial charge in [0.05, 0.1) is 0 Å². The lowest BCUT2D eigenvalue weighted by Gasteiger charge is -2.04. The third kappa shape index (κ3) is 2.28. The molecule has 76 valence electrons. The van der Waals surface area contributed by atoms with Crippen molar-refractivity contribution in [3.63, 3.8) is 0 Å². The van der Waals surface area contributed by atoms with E-state index in [4.69, 9.17) is 16.3 Å². The Kier molecular flexibility index (Phi) is 2.88. The summed E-state index contributed by atoms with van der Waals surface area (Å²) in [5, 5.41) is 2.79. The fraction of sp³-hybridized carbons (Fsp3) is 0.0833. The molecule has 0 amide bonds. The molecule has 0 radical (unpaired) electrons. The third-order valence-corrected chi connectivity index (χ3v) is 2.33. The Labute approximate surface area is 92.4 Å². The first kappa shape index (κ1) is 9.99. The Morgan fingerprint density at radius 2 is 1.93 bits per heavy atom. The number of halogens is 1. The van der Waals surface area contributed by atoms with Crippen LogP contribution in [0.5, 0.6) is 5.75 Å². The largest absolute Gasteiger partial charge is 0.486 e. The van der Waals surface area contributed by atoms with Crippen LogP contribution in [0.1, 0.15) is 0 Å². The molecule has 0 heterocycles. The van der Waals surface area contributed by atoms with Crippen LogP contribution < -0.4 is 4.74 Å². The maximum atomic E-state index is 10.1. The summed E-state index contributed by atoms with van der Waals surface area (Å²) in [7, 11) is 0. The average molecular weight is 221 g/mol. The first-order valence-corrected chi connectivity index (χ1v) is 4.93. The molecule has 0 spiro atoms. The maximum absolute atomic E-state index is 10.1. The second-order valence-electron chi connectivity index (χ2n) is 3.13. The van der Waals surface area contributed by atoms with Crippen molar-refractivity contribution >= 4 is 28.7 Å². The van der Waals surface area contributed by atoms with E-state index in [2.05, 4.69) is 0 Å². The Morgan fingerprint density at radius 3 is 2.73 bits per heavy atom. The van der Waals surface area contributed by atoms with Gasteiger partial charge < -0.3 is 4.74 Å². The van der Waals surface area contributed by atoms with Crippen LogP contribution in [-0.4, -0.2) is 12.9 Å². The Bertz CT molecular complexity index is 494. The topological polar surface area (TPSA) is 26.3 Å². The number of rotatable bonds is 3. The number of aldehydes is 1. The highest BCUT2D eigenvalue weighted by molar-refractivity contribution is 6.31. The molecule has 3 heteroatoms. The van der Waals surface area contributed by atoms with Crippen molar-refractivity contribution < 1.29 is 9.53 Å². The van der Waals surface area contributed by atoms with Gasteiger partial charge >= 0.3 is 0 Å². The lowest BCUT2D eigenvalue weighted by molar-refractivity contribution is -0.109. The fourth-order valence-electron chi connectivity index (χ4n) is 1.42. The molecule has 15 heavy (non-hydrogen) atoms. The second-order valence-corrected chi connectivity index (χ2v) is 3.57. The van der Waals surface area contributed by atoms with Crippen molar-refractivity contribution in [2.45, 2.75) is 0 Å². The van der Waals surface area contributed by atoms with Crippen molar-refractivity contribution in [3.05, 3.63) is 41.4 Å². The Morgan fingerprint density at radius 1 is 1.13 bits per heavy atom. The smallest absolute Gasteiger partial charge is 0.157 e. The molecule has 2 aromatic rings. The number of fused-ring (bicyclic) bond motifs is 1. The van der Waals surface area contributed by atoms with Crippen molar-refractivity contribution in [2.75, 3.05) is 6.61 Å². The summed E-state index contributed by atoms with van der Waals surface area (Å²) in [5.74, 6) is 0.678. The van der Waals surface area contributed by atoms with Crippen molar-refractivity contribution in [1.82, 2.24) is 0 Å². The molecule has 0 aromatic heterocycles. The van der Waals surface area contributed by atoms with Gasteiger partial charge in [-0.2, -0.15) is 0 Å². The number of hydrogen-bond acceptors (Lipinski definition) is 2. The molecule has 0 aliphatic rings.